The SMILES string of the molecule is C=C(C)COc1cc(CN2CCC[C@@H](O)C2)ccc1OC. The van der Waals surface area contributed by atoms with Gasteiger partial charge in [-0.2, -0.15) is 0 Å². The summed E-state index contributed by atoms with van der Waals surface area (Å²) in [6.45, 7) is 8.87. The fourth-order valence-corrected chi connectivity index (χ4v) is 2.57. The zero-order valence-corrected chi connectivity index (χ0v) is 13.0. The lowest BCUT2D eigenvalue weighted by Gasteiger charge is -2.30. The van der Waals surface area contributed by atoms with E-state index in [2.05, 4.69) is 11.5 Å². The molecule has 1 aromatic rings. The Balaban J connectivity index is 2.05. The van der Waals surface area contributed by atoms with Gasteiger partial charge in [-0.1, -0.05) is 12.6 Å². The second-order valence-corrected chi connectivity index (χ2v) is 5.76. The normalized spacial score (nSPS) is 19.3. The van der Waals surface area contributed by atoms with Gasteiger partial charge in [0.05, 0.1) is 13.2 Å². The first-order valence-electron chi connectivity index (χ1n) is 7.43. The van der Waals surface area contributed by atoms with E-state index in [-0.39, 0.29) is 6.10 Å². The Hall–Kier alpha value is -1.52. The number of hydrogen-bond donors (Lipinski definition) is 1. The van der Waals surface area contributed by atoms with E-state index in [1.807, 2.05) is 25.1 Å². The topological polar surface area (TPSA) is 41.9 Å². The molecular weight excluding hydrogens is 266 g/mol. The van der Waals surface area contributed by atoms with Crippen molar-refractivity contribution in [2.24, 2.45) is 0 Å². The van der Waals surface area contributed by atoms with Crippen molar-refractivity contribution in [2.75, 3.05) is 26.8 Å². The summed E-state index contributed by atoms with van der Waals surface area (Å²) >= 11 is 0. The molecule has 1 heterocycles. The molecule has 0 radical (unpaired) electrons. The van der Waals surface area contributed by atoms with Crippen LogP contribution in [0.2, 0.25) is 0 Å². The van der Waals surface area contributed by atoms with Gasteiger partial charge >= 0.3 is 0 Å². The summed E-state index contributed by atoms with van der Waals surface area (Å²) in [7, 11) is 1.64. The molecule has 116 valence electrons. The van der Waals surface area contributed by atoms with Crippen molar-refractivity contribution in [1.82, 2.24) is 4.90 Å². The maximum absolute atomic E-state index is 9.74. The molecule has 1 fully saturated rings. The molecule has 0 spiro atoms. The molecule has 0 unspecified atom stereocenters. The number of aliphatic hydroxyl groups is 1. The van der Waals surface area contributed by atoms with Crippen molar-refractivity contribution in [2.45, 2.75) is 32.4 Å². The molecule has 1 aliphatic rings. The van der Waals surface area contributed by atoms with Gasteiger partial charge in [0.15, 0.2) is 11.5 Å². The first-order valence-corrected chi connectivity index (χ1v) is 7.43. The Morgan fingerprint density at radius 1 is 1.43 bits per heavy atom. The quantitative estimate of drug-likeness (QED) is 0.818. The van der Waals surface area contributed by atoms with E-state index in [9.17, 15) is 5.11 Å². The van der Waals surface area contributed by atoms with Gasteiger partial charge in [-0.3, -0.25) is 4.90 Å². The van der Waals surface area contributed by atoms with Gasteiger partial charge in [0.1, 0.15) is 6.61 Å². The van der Waals surface area contributed by atoms with E-state index in [0.717, 1.165) is 49.5 Å². The van der Waals surface area contributed by atoms with E-state index in [1.165, 1.54) is 5.56 Å². The number of aliphatic hydroxyl groups excluding tert-OH is 1. The van der Waals surface area contributed by atoms with E-state index in [4.69, 9.17) is 9.47 Å². The van der Waals surface area contributed by atoms with E-state index >= 15 is 0 Å². The molecule has 1 N–H and O–H groups in total. The minimum atomic E-state index is -0.198. The number of hydrogen-bond acceptors (Lipinski definition) is 4. The summed E-state index contributed by atoms with van der Waals surface area (Å²) in [5.74, 6) is 1.48. The van der Waals surface area contributed by atoms with Gasteiger partial charge in [0.2, 0.25) is 0 Å². The minimum Gasteiger partial charge on any atom is -0.493 e. The van der Waals surface area contributed by atoms with E-state index < -0.39 is 0 Å². The van der Waals surface area contributed by atoms with Gasteiger partial charge < -0.3 is 14.6 Å². The molecule has 21 heavy (non-hydrogen) atoms. The molecule has 0 saturated carbocycles. The zero-order valence-electron chi connectivity index (χ0n) is 13.0. The lowest BCUT2D eigenvalue weighted by atomic mass is 10.1. The smallest absolute Gasteiger partial charge is 0.161 e. The highest BCUT2D eigenvalue weighted by atomic mass is 16.5. The Labute approximate surface area is 127 Å². The number of likely N-dealkylation sites (tertiary alicyclic amines) is 1. The van der Waals surface area contributed by atoms with Crippen LogP contribution in [0.3, 0.4) is 0 Å². The highest BCUT2D eigenvalue weighted by molar-refractivity contribution is 5.43. The maximum atomic E-state index is 9.74. The zero-order chi connectivity index (χ0) is 15.2. The van der Waals surface area contributed by atoms with Crippen molar-refractivity contribution >= 4 is 0 Å². The van der Waals surface area contributed by atoms with Crippen LogP contribution in [0.15, 0.2) is 30.4 Å². The molecule has 0 aromatic heterocycles. The summed E-state index contributed by atoms with van der Waals surface area (Å²) in [5, 5.41) is 9.74. The van der Waals surface area contributed by atoms with Crippen LogP contribution in [-0.4, -0.2) is 42.9 Å². The Morgan fingerprint density at radius 2 is 2.24 bits per heavy atom. The van der Waals surface area contributed by atoms with Gasteiger partial charge in [0, 0.05) is 13.1 Å². The molecule has 1 saturated heterocycles. The Morgan fingerprint density at radius 3 is 2.90 bits per heavy atom. The van der Waals surface area contributed by atoms with Crippen molar-refractivity contribution < 1.29 is 14.6 Å². The third kappa shape index (κ3) is 4.76. The van der Waals surface area contributed by atoms with Crippen LogP contribution in [0.25, 0.3) is 0 Å². The number of piperidine rings is 1. The predicted molar refractivity (Wildman–Crippen MR) is 83.8 cm³/mol. The summed E-state index contributed by atoms with van der Waals surface area (Å²) in [4.78, 5) is 2.28. The first kappa shape index (κ1) is 15.9. The van der Waals surface area contributed by atoms with Gasteiger partial charge in [-0.05, 0) is 49.6 Å². The molecule has 0 amide bonds. The van der Waals surface area contributed by atoms with Crippen molar-refractivity contribution in [1.29, 1.82) is 0 Å². The fraction of sp³-hybridized carbons (Fsp3) is 0.529. The first-order chi connectivity index (χ1) is 10.1. The third-order valence-corrected chi connectivity index (χ3v) is 3.59. The van der Waals surface area contributed by atoms with Gasteiger partial charge in [0.25, 0.3) is 0 Å². The molecule has 2 rings (SSSR count). The standard InChI is InChI=1S/C17H25NO3/c1-13(2)12-21-17-9-14(6-7-16(17)20-3)10-18-8-4-5-15(19)11-18/h6-7,9,15,19H,1,4-5,8,10-12H2,2-3H3/t15-/m1/s1. The van der Waals surface area contributed by atoms with Crippen LogP contribution in [0.1, 0.15) is 25.3 Å². The molecule has 0 bridgehead atoms. The summed E-state index contributed by atoms with van der Waals surface area (Å²) in [6.07, 6.45) is 1.76. The van der Waals surface area contributed by atoms with Crippen LogP contribution in [0.5, 0.6) is 11.5 Å². The van der Waals surface area contributed by atoms with E-state index in [1.54, 1.807) is 7.11 Å². The van der Waals surface area contributed by atoms with Gasteiger partial charge in [-0.15, -0.1) is 0 Å². The number of benzene rings is 1. The average molecular weight is 291 g/mol. The molecule has 4 nitrogen and oxygen atoms in total. The Bertz CT molecular complexity index is 487. The molecule has 0 aliphatic carbocycles. The van der Waals surface area contributed by atoms with Crippen molar-refractivity contribution in [3.05, 3.63) is 35.9 Å². The van der Waals surface area contributed by atoms with Crippen LogP contribution in [0, 0.1) is 0 Å². The lowest BCUT2D eigenvalue weighted by molar-refractivity contribution is 0.0668. The predicted octanol–water partition coefficient (Wildman–Crippen LogP) is 2.61. The molecule has 1 aromatic carbocycles. The van der Waals surface area contributed by atoms with Crippen LogP contribution < -0.4 is 9.47 Å². The molecule has 4 heteroatoms. The Kier molecular flexibility index (Phi) is 5.65. The maximum Gasteiger partial charge on any atom is 0.161 e. The third-order valence-electron chi connectivity index (χ3n) is 3.59. The molecular formula is C17H25NO3. The summed E-state index contributed by atoms with van der Waals surface area (Å²) < 4.78 is 11.1. The molecule has 1 atom stereocenters. The minimum absolute atomic E-state index is 0.198. The average Bonchev–Trinajstić information content (AvgIpc) is 2.45. The largest absolute Gasteiger partial charge is 0.493 e. The molecule has 1 aliphatic heterocycles. The van der Waals surface area contributed by atoms with Crippen LogP contribution in [-0.2, 0) is 6.54 Å². The summed E-state index contributed by atoms with van der Waals surface area (Å²) in [6, 6.07) is 6.00. The van der Waals surface area contributed by atoms with Crippen molar-refractivity contribution in [3.63, 3.8) is 0 Å². The van der Waals surface area contributed by atoms with Crippen LogP contribution in [0.4, 0.5) is 0 Å². The van der Waals surface area contributed by atoms with Gasteiger partial charge in [-0.25, -0.2) is 0 Å². The highest BCUT2D eigenvalue weighted by Crippen LogP contribution is 2.29. The number of nitrogens with zero attached hydrogens (tertiary/aromatic N) is 1. The van der Waals surface area contributed by atoms with Crippen LogP contribution >= 0.6 is 0 Å². The number of rotatable bonds is 6. The fourth-order valence-electron chi connectivity index (χ4n) is 2.57. The second-order valence-electron chi connectivity index (χ2n) is 5.76. The lowest BCUT2D eigenvalue weighted by Crippen LogP contribution is -2.37. The summed E-state index contributed by atoms with van der Waals surface area (Å²) in [5.41, 5.74) is 2.14. The second kappa shape index (κ2) is 7.48. The number of ether oxygens (including phenoxy) is 2. The van der Waals surface area contributed by atoms with E-state index in [0.29, 0.717) is 6.61 Å². The number of β-amino-alcohol motifs (C(OH)–C–C–N with tert-alkyl or cyclic N) is 1. The van der Waals surface area contributed by atoms with Crippen molar-refractivity contribution in [3.8, 4) is 11.5 Å². The highest BCUT2D eigenvalue weighted by Gasteiger charge is 2.18. The monoisotopic (exact) mass is 291 g/mol. The number of methoxy groups -OCH3 is 1.